The quantitative estimate of drug-likeness (QED) is 0.728. The van der Waals surface area contributed by atoms with Gasteiger partial charge < -0.3 is 11.1 Å². The van der Waals surface area contributed by atoms with Gasteiger partial charge in [0.2, 0.25) is 0 Å². The molecule has 0 saturated carbocycles. The van der Waals surface area contributed by atoms with Crippen molar-refractivity contribution in [2.45, 2.75) is 6.18 Å². The predicted molar refractivity (Wildman–Crippen MR) is 80.9 cm³/mol. The first-order chi connectivity index (χ1) is 10.4. The molecule has 1 aromatic heterocycles. The molecule has 22 heavy (non-hydrogen) atoms. The first kappa shape index (κ1) is 14.2. The SMILES string of the molecule is Nc1nccc2c(Nc3cccc(C(F)(F)F)c3)cccc12. The molecule has 0 unspecified atom stereocenters. The van der Waals surface area contributed by atoms with Crippen molar-refractivity contribution in [1.82, 2.24) is 4.98 Å². The number of nitrogens with two attached hydrogens (primary N) is 1. The van der Waals surface area contributed by atoms with Crippen molar-refractivity contribution >= 4 is 28.0 Å². The van der Waals surface area contributed by atoms with Crippen LogP contribution in [0.3, 0.4) is 0 Å². The molecule has 0 amide bonds. The lowest BCUT2D eigenvalue weighted by molar-refractivity contribution is -0.137. The van der Waals surface area contributed by atoms with Crippen molar-refractivity contribution in [3.8, 4) is 0 Å². The summed E-state index contributed by atoms with van der Waals surface area (Å²) in [5.74, 6) is 0.380. The third kappa shape index (κ3) is 2.67. The molecule has 3 N–H and O–H groups in total. The molecule has 0 aliphatic heterocycles. The minimum atomic E-state index is -4.37. The van der Waals surface area contributed by atoms with Crippen molar-refractivity contribution < 1.29 is 13.2 Å². The van der Waals surface area contributed by atoms with Crippen molar-refractivity contribution in [3.05, 3.63) is 60.3 Å². The third-order valence-electron chi connectivity index (χ3n) is 3.31. The van der Waals surface area contributed by atoms with E-state index >= 15 is 0 Å². The number of anilines is 3. The van der Waals surface area contributed by atoms with E-state index < -0.39 is 11.7 Å². The van der Waals surface area contributed by atoms with E-state index in [4.69, 9.17) is 5.73 Å². The van der Waals surface area contributed by atoms with E-state index in [1.54, 1.807) is 30.5 Å². The van der Waals surface area contributed by atoms with E-state index in [0.717, 1.165) is 22.9 Å². The van der Waals surface area contributed by atoms with Gasteiger partial charge in [0.25, 0.3) is 0 Å². The summed E-state index contributed by atoms with van der Waals surface area (Å²) in [7, 11) is 0. The second-order valence-corrected chi connectivity index (χ2v) is 4.80. The summed E-state index contributed by atoms with van der Waals surface area (Å²) in [6.07, 6.45) is -2.81. The van der Waals surface area contributed by atoms with Gasteiger partial charge in [0.05, 0.1) is 5.56 Å². The highest BCUT2D eigenvalue weighted by Gasteiger charge is 2.30. The van der Waals surface area contributed by atoms with Crippen LogP contribution >= 0.6 is 0 Å². The highest BCUT2D eigenvalue weighted by Crippen LogP contribution is 2.33. The minimum absolute atomic E-state index is 0.359. The van der Waals surface area contributed by atoms with E-state index in [9.17, 15) is 13.2 Å². The van der Waals surface area contributed by atoms with Crippen LogP contribution in [0.4, 0.5) is 30.4 Å². The first-order valence-corrected chi connectivity index (χ1v) is 6.52. The number of pyridine rings is 1. The summed E-state index contributed by atoms with van der Waals surface area (Å²) in [4.78, 5) is 4.00. The van der Waals surface area contributed by atoms with E-state index in [1.807, 2.05) is 6.07 Å². The normalized spacial score (nSPS) is 11.6. The second-order valence-electron chi connectivity index (χ2n) is 4.80. The van der Waals surface area contributed by atoms with Gasteiger partial charge in [-0.15, -0.1) is 0 Å². The summed E-state index contributed by atoms with van der Waals surface area (Å²) in [6.45, 7) is 0. The molecule has 3 aromatic rings. The fraction of sp³-hybridized carbons (Fsp3) is 0.0625. The molecule has 0 aliphatic carbocycles. The Morgan fingerprint density at radius 3 is 2.50 bits per heavy atom. The first-order valence-electron chi connectivity index (χ1n) is 6.52. The number of halogens is 3. The van der Waals surface area contributed by atoms with E-state index in [-0.39, 0.29) is 0 Å². The van der Waals surface area contributed by atoms with Crippen LogP contribution in [0.25, 0.3) is 10.8 Å². The van der Waals surface area contributed by atoms with E-state index in [2.05, 4.69) is 10.3 Å². The van der Waals surface area contributed by atoms with Crippen LogP contribution in [0.1, 0.15) is 5.56 Å². The maximum atomic E-state index is 12.8. The third-order valence-corrected chi connectivity index (χ3v) is 3.31. The fourth-order valence-electron chi connectivity index (χ4n) is 2.27. The van der Waals surface area contributed by atoms with Gasteiger partial charge in [-0.2, -0.15) is 13.2 Å². The second kappa shape index (κ2) is 5.22. The summed E-state index contributed by atoms with van der Waals surface area (Å²) >= 11 is 0. The van der Waals surface area contributed by atoms with Gasteiger partial charge in [-0.25, -0.2) is 4.98 Å². The number of nitrogen functional groups attached to an aromatic ring is 1. The van der Waals surface area contributed by atoms with Gasteiger partial charge in [-0.05, 0) is 30.3 Å². The van der Waals surface area contributed by atoms with Gasteiger partial charge in [0.1, 0.15) is 5.82 Å². The summed E-state index contributed by atoms with van der Waals surface area (Å²) in [5, 5.41) is 4.55. The van der Waals surface area contributed by atoms with Gasteiger partial charge in [0.15, 0.2) is 0 Å². The summed E-state index contributed by atoms with van der Waals surface area (Å²) in [5.41, 5.74) is 6.15. The van der Waals surface area contributed by atoms with Crippen molar-refractivity contribution in [2.75, 3.05) is 11.1 Å². The van der Waals surface area contributed by atoms with Crippen LogP contribution in [0.5, 0.6) is 0 Å². The Bertz CT molecular complexity index is 828. The lowest BCUT2D eigenvalue weighted by Gasteiger charge is -2.13. The Labute approximate surface area is 124 Å². The lowest BCUT2D eigenvalue weighted by atomic mass is 10.1. The molecule has 0 spiro atoms. The molecule has 0 saturated heterocycles. The summed E-state index contributed by atoms with van der Waals surface area (Å²) in [6, 6.07) is 12.2. The average Bonchev–Trinajstić information content (AvgIpc) is 2.48. The molecular weight excluding hydrogens is 291 g/mol. The van der Waals surface area contributed by atoms with Crippen LogP contribution in [0, 0.1) is 0 Å². The zero-order valence-electron chi connectivity index (χ0n) is 11.4. The molecule has 1 heterocycles. The number of hydrogen-bond acceptors (Lipinski definition) is 3. The molecule has 0 aliphatic rings. The molecule has 0 bridgehead atoms. The van der Waals surface area contributed by atoms with Crippen LogP contribution in [-0.4, -0.2) is 4.98 Å². The summed E-state index contributed by atoms with van der Waals surface area (Å²) < 4.78 is 38.3. The Balaban J connectivity index is 2.02. The maximum absolute atomic E-state index is 12.8. The van der Waals surface area contributed by atoms with Gasteiger partial charge >= 0.3 is 6.18 Å². The smallest absolute Gasteiger partial charge is 0.383 e. The van der Waals surface area contributed by atoms with Crippen LogP contribution in [-0.2, 0) is 6.18 Å². The molecule has 3 rings (SSSR count). The Hall–Kier alpha value is -2.76. The van der Waals surface area contributed by atoms with E-state index in [0.29, 0.717) is 17.2 Å². The number of hydrogen-bond donors (Lipinski definition) is 2. The highest BCUT2D eigenvalue weighted by atomic mass is 19.4. The van der Waals surface area contributed by atoms with Crippen LogP contribution < -0.4 is 11.1 Å². The maximum Gasteiger partial charge on any atom is 0.416 e. The Kier molecular flexibility index (Phi) is 3.36. The number of fused-ring (bicyclic) bond motifs is 1. The number of benzene rings is 2. The molecule has 0 fully saturated rings. The van der Waals surface area contributed by atoms with Crippen LogP contribution in [0.15, 0.2) is 54.7 Å². The molecule has 0 radical (unpaired) electrons. The highest BCUT2D eigenvalue weighted by molar-refractivity contribution is 6.00. The molecule has 2 aromatic carbocycles. The molecule has 0 atom stereocenters. The fourth-order valence-corrected chi connectivity index (χ4v) is 2.27. The average molecular weight is 303 g/mol. The molecular formula is C16H12F3N3. The number of aromatic nitrogens is 1. The monoisotopic (exact) mass is 303 g/mol. The topological polar surface area (TPSA) is 50.9 Å². The molecule has 112 valence electrons. The predicted octanol–water partition coefficient (Wildman–Crippen LogP) is 4.58. The molecule has 6 heteroatoms. The number of nitrogens with zero attached hydrogens (tertiary/aromatic N) is 1. The van der Waals surface area contributed by atoms with Gasteiger partial charge in [0, 0.05) is 28.3 Å². The Morgan fingerprint density at radius 1 is 0.955 bits per heavy atom. The number of rotatable bonds is 2. The van der Waals surface area contributed by atoms with Crippen molar-refractivity contribution in [3.63, 3.8) is 0 Å². The number of alkyl halides is 3. The van der Waals surface area contributed by atoms with Gasteiger partial charge in [-0.1, -0.05) is 18.2 Å². The molecule has 3 nitrogen and oxygen atoms in total. The lowest BCUT2D eigenvalue weighted by Crippen LogP contribution is -2.05. The largest absolute Gasteiger partial charge is 0.416 e. The van der Waals surface area contributed by atoms with E-state index in [1.165, 1.54) is 6.07 Å². The number of nitrogens with one attached hydrogen (secondary N) is 1. The standard InChI is InChI=1S/C16H12F3N3/c17-16(18,19)10-3-1-4-11(9-10)22-14-6-2-5-13-12(14)7-8-21-15(13)20/h1-9,22H,(H2,20,21). The van der Waals surface area contributed by atoms with Gasteiger partial charge in [-0.3, -0.25) is 0 Å². The minimum Gasteiger partial charge on any atom is -0.383 e. The zero-order valence-corrected chi connectivity index (χ0v) is 11.4. The van der Waals surface area contributed by atoms with Crippen molar-refractivity contribution in [2.24, 2.45) is 0 Å². The Morgan fingerprint density at radius 2 is 1.73 bits per heavy atom. The van der Waals surface area contributed by atoms with Crippen LogP contribution in [0.2, 0.25) is 0 Å². The zero-order chi connectivity index (χ0) is 15.7. The van der Waals surface area contributed by atoms with Crippen molar-refractivity contribution in [1.29, 1.82) is 0 Å².